The summed E-state index contributed by atoms with van der Waals surface area (Å²) >= 11 is 7.58. The van der Waals surface area contributed by atoms with E-state index in [1.807, 2.05) is 65.4 Å². The number of esters is 1. The van der Waals surface area contributed by atoms with Gasteiger partial charge in [0.15, 0.2) is 24.0 Å². The molecule has 4 aliphatic carbocycles. The summed E-state index contributed by atoms with van der Waals surface area (Å²) in [5.74, 6) is -5.27. The van der Waals surface area contributed by atoms with E-state index in [2.05, 4.69) is 5.32 Å². The molecular weight excluding hydrogens is 1080 g/mol. The number of nitrogens with one attached hydrogen (secondary N) is 1. The van der Waals surface area contributed by atoms with Crippen molar-refractivity contribution in [3.8, 4) is 0 Å². The van der Waals surface area contributed by atoms with Gasteiger partial charge >= 0.3 is 5.97 Å². The first-order valence-corrected chi connectivity index (χ1v) is 31.0. The van der Waals surface area contributed by atoms with Crippen molar-refractivity contribution < 1.29 is 77.8 Å². The molecule has 7 aliphatic rings. The number of methoxy groups -OCH3 is 1. The monoisotopic (exact) mass is 1180 g/mol. The van der Waals surface area contributed by atoms with Crippen molar-refractivity contribution in [3.05, 3.63) is 23.8 Å². The fourth-order valence-electron chi connectivity index (χ4n) is 16.5. The summed E-state index contributed by atoms with van der Waals surface area (Å²) in [4.78, 5) is 44.4. The number of nitrogens with zero attached hydrogens (tertiary/aromatic N) is 2. The number of likely N-dealkylation sites (N-methyl/N-ethyl adjacent to an activating group) is 1. The number of aliphatic hydroxyl groups is 6. The van der Waals surface area contributed by atoms with Crippen molar-refractivity contribution >= 4 is 29.3 Å². The predicted octanol–water partition coefficient (Wildman–Crippen LogP) is 5.76. The van der Waals surface area contributed by atoms with Crippen molar-refractivity contribution in [1.29, 1.82) is 0 Å². The van der Waals surface area contributed by atoms with Crippen LogP contribution in [0.3, 0.4) is 0 Å². The van der Waals surface area contributed by atoms with Gasteiger partial charge in [0.05, 0.1) is 52.5 Å². The van der Waals surface area contributed by atoms with Crippen LogP contribution >= 0.6 is 11.6 Å². The molecule has 3 unspecified atom stereocenters. The maximum Gasteiger partial charge on any atom is 0.311 e. The van der Waals surface area contributed by atoms with Crippen LogP contribution in [0.1, 0.15) is 154 Å². The van der Waals surface area contributed by atoms with Crippen molar-refractivity contribution in [1.82, 2.24) is 15.1 Å². The van der Waals surface area contributed by atoms with Crippen molar-refractivity contribution in [2.24, 2.45) is 46.3 Å². The van der Waals surface area contributed by atoms with Gasteiger partial charge in [0, 0.05) is 61.4 Å². The number of amides is 1. The number of hydrogen-bond acceptors (Lipinski definition) is 17. The first kappa shape index (κ1) is 67.3. The number of ketones is 1. The normalized spacial score (nSPS) is 49.9. The summed E-state index contributed by atoms with van der Waals surface area (Å²) in [6, 6.07) is -1.12. The van der Waals surface area contributed by atoms with Gasteiger partial charge in [0.2, 0.25) is 0 Å². The molecule has 3 saturated carbocycles. The molecule has 3 saturated heterocycles. The molecule has 7 rings (SSSR count). The summed E-state index contributed by atoms with van der Waals surface area (Å²) in [5.41, 5.74) is -8.42. The molecule has 18 nitrogen and oxygen atoms in total. The van der Waals surface area contributed by atoms with Gasteiger partial charge in [-0.25, -0.2) is 4.39 Å². The van der Waals surface area contributed by atoms with Crippen LogP contribution in [-0.4, -0.2) is 206 Å². The van der Waals surface area contributed by atoms with Crippen LogP contribution in [0.2, 0.25) is 0 Å². The lowest BCUT2D eigenvalue weighted by Crippen LogP contribution is -2.70. The van der Waals surface area contributed by atoms with Crippen LogP contribution in [0.5, 0.6) is 0 Å². The highest BCUT2D eigenvalue weighted by Gasteiger charge is 2.76. The van der Waals surface area contributed by atoms with E-state index in [0.717, 1.165) is 0 Å². The number of rotatable bonds is 13. The third-order valence-corrected chi connectivity index (χ3v) is 23.3. The average Bonchev–Trinajstić information content (AvgIpc) is 1.89. The van der Waals surface area contributed by atoms with Crippen molar-refractivity contribution in [2.45, 2.75) is 261 Å². The minimum absolute atomic E-state index is 0.0135. The predicted molar refractivity (Wildman–Crippen MR) is 307 cm³/mol. The molecule has 6 fully saturated rings. The molecule has 0 aromatic carbocycles. The molecule has 7 N–H and O–H groups in total. The molecule has 470 valence electrons. The Labute approximate surface area is 492 Å². The van der Waals surface area contributed by atoms with E-state index < -0.39 is 141 Å². The van der Waals surface area contributed by atoms with Gasteiger partial charge in [-0.15, -0.1) is 11.6 Å². The first-order valence-electron chi connectivity index (χ1n) is 30.6. The van der Waals surface area contributed by atoms with E-state index in [9.17, 15) is 45.0 Å². The van der Waals surface area contributed by atoms with E-state index in [1.165, 1.54) is 19.1 Å². The fraction of sp³-hybridized carbons (Fsp3) is 0.887. The number of aliphatic hydroxyl groups excluding tert-OH is 3. The van der Waals surface area contributed by atoms with Gasteiger partial charge in [-0.1, -0.05) is 54.5 Å². The second-order valence-electron chi connectivity index (χ2n) is 27.4. The highest BCUT2D eigenvalue weighted by atomic mass is 35.5. The maximum atomic E-state index is 16.3. The Bertz CT molecular complexity index is 2330. The van der Waals surface area contributed by atoms with Gasteiger partial charge in [-0.2, -0.15) is 0 Å². The number of carbonyl (C=O) groups is 3. The zero-order chi connectivity index (χ0) is 61.2. The van der Waals surface area contributed by atoms with Crippen molar-refractivity contribution in [3.63, 3.8) is 0 Å². The summed E-state index contributed by atoms with van der Waals surface area (Å²) in [7, 11) is 5.40. The summed E-state index contributed by atoms with van der Waals surface area (Å²) in [6.07, 6.45) is -5.01. The summed E-state index contributed by atoms with van der Waals surface area (Å²) in [5, 5.41) is 77.8. The number of halogens is 2. The average molecular weight is 1180 g/mol. The second-order valence-corrected chi connectivity index (χ2v) is 28.0. The Balaban J connectivity index is 1.16. The number of alkyl halides is 2. The van der Waals surface area contributed by atoms with Gasteiger partial charge in [-0.05, 0) is 155 Å². The second kappa shape index (κ2) is 25.1. The molecular formula is C62H103ClFN3O15. The molecule has 0 aromatic rings. The minimum atomic E-state index is -1.99. The van der Waals surface area contributed by atoms with Gasteiger partial charge in [0.1, 0.15) is 30.1 Å². The zero-order valence-corrected chi connectivity index (χ0v) is 52.7. The van der Waals surface area contributed by atoms with Crippen LogP contribution < -0.4 is 5.32 Å². The SMILES string of the molecule is CC[C@H]1OC(=O)[C@H](C)[C@@H](O[C@@H]2C[C@](C)(OC)[C@H](C)C(C)O2)[C@H](C)[C@@H](O[C@@H]2O[C@H](C)C[C@@H](N(C)C)[C@H]2O)[C@@](O)(CC)CCCN(CCCNC(=O)[C@@]2(O)[C@H](C)CC3C4C[C@H](F)C5=CC(=O)C=C[C@]5(C)[C@@]4(Cl)[C@@H](O)C[C@@]32C)[C@H](C)[C@@H](O)[C@]1(C)O. The fourth-order valence-corrected chi connectivity index (χ4v) is 17.0. The molecule has 3 aliphatic heterocycles. The third kappa shape index (κ3) is 11.7. The Kier molecular flexibility index (Phi) is 20.6. The number of allylic oxidation sites excluding steroid dienone is 4. The quantitative estimate of drug-likeness (QED) is 0.0658. The summed E-state index contributed by atoms with van der Waals surface area (Å²) in [6.45, 7) is 24.2. The molecule has 20 heteroatoms. The Morgan fingerprint density at radius 2 is 1.61 bits per heavy atom. The largest absolute Gasteiger partial charge is 0.459 e. The van der Waals surface area contributed by atoms with E-state index >= 15 is 4.39 Å². The number of carbonyl (C=O) groups excluding carboxylic acids is 3. The van der Waals surface area contributed by atoms with E-state index in [0.29, 0.717) is 32.1 Å². The molecule has 82 heavy (non-hydrogen) atoms. The number of ether oxygens (including phenoxy) is 6. The molecule has 0 aromatic heterocycles. The lowest BCUT2D eigenvalue weighted by atomic mass is 9.45. The summed E-state index contributed by atoms with van der Waals surface area (Å²) < 4.78 is 55.4. The van der Waals surface area contributed by atoms with Crippen LogP contribution in [0.25, 0.3) is 0 Å². The standard InChI is InChI=1S/C62H103ClFN3O15/c1-17-47-59(13,74)51(71)38(8)67(26-20-24-65-55(73)62(76)33(3)27-41-42-30-44(64)43-29-40(68)21-23-56(43,10)61(42,63)46(69)31-57(41,62)11)25-19-22-60(75,18-2)52(82-54-49(70)45(66(14)15)28-34(4)78-54)35(5)50(36(6)53(72)80-47)81-48-32-58(12,77-16)37(7)39(9)79-48/h21,23,29,33-39,41-42,44-52,54,69-71,74-76H,17-20,22,24-28,30-32H2,1-16H3,(H,65,73)/t33-,34-,35+,36-,37-,38-,39?,41?,42?,44+,45-,46+,47-,48-,49-,50+,51-,52-,54+,56+,57+,58+,59-,60-,61+,62+/m1/s1. The molecule has 0 radical (unpaired) electrons. The highest BCUT2D eigenvalue weighted by molar-refractivity contribution is 6.26. The lowest BCUT2D eigenvalue weighted by molar-refractivity contribution is -0.314. The van der Waals surface area contributed by atoms with Crippen LogP contribution in [0.15, 0.2) is 23.8 Å². The van der Waals surface area contributed by atoms with Gasteiger partial charge in [-0.3, -0.25) is 19.3 Å². The topological polar surface area (TPSA) is 246 Å². The van der Waals surface area contributed by atoms with Crippen LogP contribution in [0, 0.1) is 46.3 Å². The van der Waals surface area contributed by atoms with E-state index in [4.69, 9.17) is 40.0 Å². The van der Waals surface area contributed by atoms with Gasteiger partial charge < -0.3 is 69.3 Å². The Hall–Kier alpha value is -2.21. The van der Waals surface area contributed by atoms with Crippen molar-refractivity contribution in [2.75, 3.05) is 40.8 Å². The van der Waals surface area contributed by atoms with E-state index in [-0.39, 0.29) is 87.3 Å². The molecule has 1 amide bonds. The van der Waals surface area contributed by atoms with Crippen LogP contribution in [-0.2, 0) is 42.8 Å². The van der Waals surface area contributed by atoms with E-state index in [1.54, 1.807) is 54.7 Å². The van der Waals surface area contributed by atoms with Crippen LogP contribution in [0.4, 0.5) is 4.39 Å². The first-order chi connectivity index (χ1) is 38.1. The number of hydrogen-bond donors (Lipinski definition) is 7. The number of cyclic esters (lactones) is 1. The minimum Gasteiger partial charge on any atom is -0.459 e. The molecule has 26 atom stereocenters. The third-order valence-electron chi connectivity index (χ3n) is 22.4. The Morgan fingerprint density at radius 3 is 2.23 bits per heavy atom. The smallest absolute Gasteiger partial charge is 0.311 e. The maximum absolute atomic E-state index is 16.3. The zero-order valence-electron chi connectivity index (χ0n) is 51.9. The highest BCUT2D eigenvalue weighted by Crippen LogP contribution is 2.71. The molecule has 3 heterocycles. The molecule has 0 spiro atoms. The van der Waals surface area contributed by atoms with Gasteiger partial charge in [0.25, 0.3) is 5.91 Å². The number of fused-ring (bicyclic) bond motifs is 5. The Morgan fingerprint density at radius 1 is 0.939 bits per heavy atom. The molecule has 0 bridgehead atoms. The lowest BCUT2D eigenvalue weighted by Gasteiger charge is -2.64.